The molecule has 0 atom stereocenters. The van der Waals surface area contributed by atoms with E-state index in [1.165, 1.54) is 70.3 Å². The van der Waals surface area contributed by atoms with Crippen LogP contribution in [-0.2, 0) is 0 Å². The average Bonchev–Trinajstić information content (AvgIpc) is 2.47. The minimum atomic E-state index is -1.05. The maximum Gasteiger partial charge on any atom is 0.318 e. The van der Waals surface area contributed by atoms with Gasteiger partial charge in [-0.05, 0) is 18.9 Å². The summed E-state index contributed by atoms with van der Waals surface area (Å²) < 4.78 is 0. The SMILES string of the molecule is CCCCCCCCCCCCC=CC=CC(O)=C(O)O. The molecule has 0 saturated carbocycles. The molecule has 0 spiro atoms. The van der Waals surface area contributed by atoms with Crippen molar-refractivity contribution in [3.05, 3.63) is 36.0 Å². The second-order valence-corrected chi connectivity index (χ2v) is 5.47. The van der Waals surface area contributed by atoms with Crippen LogP contribution in [0, 0.1) is 0 Å². The largest absolute Gasteiger partial charge is 0.502 e. The first-order valence-corrected chi connectivity index (χ1v) is 8.32. The predicted octanol–water partition coefficient (Wildman–Crippen LogP) is 6.25. The molecule has 0 aliphatic rings. The fourth-order valence-corrected chi connectivity index (χ4v) is 2.15. The normalized spacial score (nSPS) is 11.5. The van der Waals surface area contributed by atoms with Gasteiger partial charge in [0.1, 0.15) is 0 Å². The molecule has 122 valence electrons. The van der Waals surface area contributed by atoms with Gasteiger partial charge in [-0.25, -0.2) is 0 Å². The van der Waals surface area contributed by atoms with E-state index in [9.17, 15) is 0 Å². The Morgan fingerprint density at radius 2 is 1.24 bits per heavy atom. The summed E-state index contributed by atoms with van der Waals surface area (Å²) in [5.41, 5.74) is 0. The smallest absolute Gasteiger partial charge is 0.318 e. The van der Waals surface area contributed by atoms with Crippen LogP contribution < -0.4 is 0 Å². The van der Waals surface area contributed by atoms with Crippen molar-refractivity contribution in [3.8, 4) is 0 Å². The van der Waals surface area contributed by atoms with Gasteiger partial charge in [-0.15, -0.1) is 0 Å². The van der Waals surface area contributed by atoms with Gasteiger partial charge in [0.25, 0.3) is 0 Å². The Balaban J connectivity index is 3.31. The van der Waals surface area contributed by atoms with Crippen LogP contribution >= 0.6 is 0 Å². The van der Waals surface area contributed by atoms with Gasteiger partial charge in [-0.3, -0.25) is 0 Å². The van der Waals surface area contributed by atoms with E-state index in [2.05, 4.69) is 6.92 Å². The number of hydrogen-bond acceptors (Lipinski definition) is 3. The first kappa shape index (κ1) is 19.6. The molecule has 0 aromatic heterocycles. The van der Waals surface area contributed by atoms with E-state index in [1.807, 2.05) is 12.2 Å². The molecule has 21 heavy (non-hydrogen) atoms. The second-order valence-electron chi connectivity index (χ2n) is 5.47. The highest BCUT2D eigenvalue weighted by Crippen LogP contribution is 2.11. The zero-order valence-electron chi connectivity index (χ0n) is 13.4. The third-order valence-corrected chi connectivity index (χ3v) is 3.45. The zero-order chi connectivity index (χ0) is 15.8. The summed E-state index contributed by atoms with van der Waals surface area (Å²) in [4.78, 5) is 0. The lowest BCUT2D eigenvalue weighted by atomic mass is 10.1. The lowest BCUT2D eigenvalue weighted by Gasteiger charge is -2.01. The van der Waals surface area contributed by atoms with Crippen LogP contribution in [0.5, 0.6) is 0 Å². The molecule has 3 heteroatoms. The van der Waals surface area contributed by atoms with Crippen LogP contribution in [-0.4, -0.2) is 15.3 Å². The van der Waals surface area contributed by atoms with Crippen molar-refractivity contribution in [2.45, 2.75) is 77.6 Å². The number of aliphatic hydroxyl groups excluding tert-OH is 2. The van der Waals surface area contributed by atoms with Gasteiger partial charge in [-0.1, -0.05) is 82.9 Å². The van der Waals surface area contributed by atoms with E-state index in [4.69, 9.17) is 15.3 Å². The fourth-order valence-electron chi connectivity index (χ4n) is 2.15. The molecular weight excluding hydrogens is 264 g/mol. The summed E-state index contributed by atoms with van der Waals surface area (Å²) in [5.74, 6) is -1.56. The van der Waals surface area contributed by atoms with Crippen LogP contribution in [0.3, 0.4) is 0 Å². The van der Waals surface area contributed by atoms with Crippen molar-refractivity contribution >= 4 is 0 Å². The molecule has 3 N–H and O–H groups in total. The lowest BCUT2D eigenvalue weighted by molar-refractivity contribution is 0.163. The van der Waals surface area contributed by atoms with Crippen LogP contribution in [0.4, 0.5) is 0 Å². The third-order valence-electron chi connectivity index (χ3n) is 3.45. The highest BCUT2D eigenvalue weighted by Gasteiger charge is 1.93. The van der Waals surface area contributed by atoms with Gasteiger partial charge >= 0.3 is 5.95 Å². The third kappa shape index (κ3) is 14.8. The standard InChI is InChI=1S/C18H32O3/c1-2-3-4-5-6-7-8-9-10-11-12-13-14-15-16-17(19)18(20)21/h13-16,19-21H,2-12H2,1H3. The molecular formula is C18H32O3. The monoisotopic (exact) mass is 296 g/mol. The maximum absolute atomic E-state index is 8.98. The van der Waals surface area contributed by atoms with E-state index >= 15 is 0 Å². The quantitative estimate of drug-likeness (QED) is 0.214. The summed E-state index contributed by atoms with van der Waals surface area (Å²) in [6.45, 7) is 2.25. The van der Waals surface area contributed by atoms with Gasteiger partial charge in [0, 0.05) is 0 Å². The van der Waals surface area contributed by atoms with E-state index < -0.39 is 11.7 Å². The van der Waals surface area contributed by atoms with Crippen molar-refractivity contribution in [3.63, 3.8) is 0 Å². The Hall–Kier alpha value is -1.38. The molecule has 0 fully saturated rings. The molecule has 0 radical (unpaired) electrons. The average molecular weight is 296 g/mol. The Morgan fingerprint density at radius 1 is 0.714 bits per heavy atom. The molecule has 0 saturated heterocycles. The van der Waals surface area contributed by atoms with E-state index in [0.717, 1.165) is 6.42 Å². The molecule has 0 heterocycles. The van der Waals surface area contributed by atoms with Crippen LogP contribution in [0.25, 0.3) is 0 Å². The molecule has 0 aliphatic carbocycles. The maximum atomic E-state index is 8.98. The topological polar surface area (TPSA) is 60.7 Å². The Bertz CT molecular complexity index is 312. The minimum absolute atomic E-state index is 0.515. The van der Waals surface area contributed by atoms with Crippen LogP contribution in [0.2, 0.25) is 0 Å². The van der Waals surface area contributed by atoms with Crippen LogP contribution in [0.1, 0.15) is 77.6 Å². The minimum Gasteiger partial charge on any atom is -0.502 e. The highest BCUT2D eigenvalue weighted by atomic mass is 16.5. The highest BCUT2D eigenvalue weighted by molar-refractivity contribution is 5.15. The van der Waals surface area contributed by atoms with Crippen molar-refractivity contribution < 1.29 is 15.3 Å². The summed E-state index contributed by atoms with van der Waals surface area (Å²) in [6.07, 6.45) is 21.1. The van der Waals surface area contributed by atoms with Gasteiger partial charge in [-0.2, -0.15) is 0 Å². The van der Waals surface area contributed by atoms with Gasteiger partial charge in [0.15, 0.2) is 5.76 Å². The summed E-state index contributed by atoms with van der Waals surface area (Å²) >= 11 is 0. The summed E-state index contributed by atoms with van der Waals surface area (Å²) in [7, 11) is 0. The Kier molecular flexibility index (Phi) is 14.0. The van der Waals surface area contributed by atoms with E-state index in [0.29, 0.717) is 0 Å². The molecule has 3 nitrogen and oxygen atoms in total. The number of allylic oxidation sites excluding steroid dienone is 4. The number of rotatable bonds is 13. The predicted molar refractivity (Wildman–Crippen MR) is 89.7 cm³/mol. The summed E-state index contributed by atoms with van der Waals surface area (Å²) in [6, 6.07) is 0. The van der Waals surface area contributed by atoms with Gasteiger partial charge in [0.2, 0.25) is 0 Å². The second kappa shape index (κ2) is 15.0. The van der Waals surface area contributed by atoms with Crippen LogP contribution in [0.15, 0.2) is 36.0 Å². The molecule has 0 aliphatic heterocycles. The number of unbranched alkanes of at least 4 members (excludes halogenated alkanes) is 10. The molecule has 0 aromatic rings. The molecule has 0 unspecified atom stereocenters. The van der Waals surface area contributed by atoms with Crippen molar-refractivity contribution in [2.75, 3.05) is 0 Å². The summed E-state index contributed by atoms with van der Waals surface area (Å²) in [5, 5.41) is 26.0. The zero-order valence-corrected chi connectivity index (χ0v) is 13.4. The fraction of sp³-hybridized carbons (Fsp3) is 0.667. The van der Waals surface area contributed by atoms with E-state index in [-0.39, 0.29) is 0 Å². The first-order chi connectivity index (χ1) is 10.2. The van der Waals surface area contributed by atoms with Crippen molar-refractivity contribution in [1.82, 2.24) is 0 Å². The molecule has 0 bridgehead atoms. The van der Waals surface area contributed by atoms with Crippen molar-refractivity contribution in [2.24, 2.45) is 0 Å². The number of hydrogen-bond donors (Lipinski definition) is 3. The molecule has 0 rings (SSSR count). The van der Waals surface area contributed by atoms with E-state index in [1.54, 1.807) is 6.08 Å². The number of aliphatic hydroxyl groups is 3. The Morgan fingerprint density at radius 3 is 1.76 bits per heavy atom. The van der Waals surface area contributed by atoms with Gasteiger partial charge < -0.3 is 15.3 Å². The Labute approximate surface area is 129 Å². The molecule has 0 aromatic carbocycles. The first-order valence-electron chi connectivity index (χ1n) is 8.32. The molecule has 0 amide bonds. The van der Waals surface area contributed by atoms with Crippen molar-refractivity contribution in [1.29, 1.82) is 0 Å². The lowest BCUT2D eigenvalue weighted by Crippen LogP contribution is -1.83. The van der Waals surface area contributed by atoms with Gasteiger partial charge in [0.05, 0.1) is 0 Å².